The molecule has 0 aromatic carbocycles. The van der Waals surface area contributed by atoms with E-state index in [-0.39, 0.29) is 72.3 Å². The van der Waals surface area contributed by atoms with Crippen molar-refractivity contribution in [3.05, 3.63) is 0 Å². The Bertz CT molecular complexity index is 245. The zero-order chi connectivity index (χ0) is 12.4. The first-order valence-electron chi connectivity index (χ1n) is 2.50. The molecule has 0 unspecified atom stereocenters. The Balaban J connectivity index is -0.0000000358. The van der Waals surface area contributed by atoms with Crippen LogP contribution in [0.15, 0.2) is 0 Å². The van der Waals surface area contributed by atoms with E-state index in [9.17, 15) is 0 Å². The molecule has 10 nitrogen and oxygen atoms in total. The van der Waals surface area contributed by atoms with E-state index in [0.29, 0.717) is 0 Å². The van der Waals surface area contributed by atoms with Crippen molar-refractivity contribution in [2.75, 3.05) is 13.2 Å². The topological polar surface area (TPSA) is 195 Å². The van der Waals surface area contributed by atoms with E-state index in [2.05, 4.69) is 0 Å². The van der Waals surface area contributed by atoms with Crippen molar-refractivity contribution >= 4 is 20.8 Å². The van der Waals surface area contributed by atoms with Crippen molar-refractivity contribution < 1.29 is 104 Å². The molecule has 0 amide bonds. The van der Waals surface area contributed by atoms with Crippen molar-refractivity contribution in [2.24, 2.45) is 0 Å². The predicted octanol–water partition coefficient (Wildman–Crippen LogP) is -9.01. The molecule has 90 valence electrons. The quantitative estimate of drug-likeness (QED) is 0.205. The van der Waals surface area contributed by atoms with Gasteiger partial charge in [0.2, 0.25) is 0 Å². The maximum atomic E-state index is 8.74. The van der Waals surface area contributed by atoms with Crippen molar-refractivity contribution in [3.8, 4) is 0 Å². The summed E-state index contributed by atoms with van der Waals surface area (Å²) in [5.41, 5.74) is 0. The molecule has 16 heavy (non-hydrogen) atoms. The maximum absolute atomic E-state index is 8.74. The molecule has 0 atom stereocenters. The van der Waals surface area contributed by atoms with Gasteiger partial charge in [0.05, 0.1) is 13.2 Å². The zero-order valence-electron chi connectivity index (χ0n) is 8.47. The molecule has 0 radical (unpaired) electrons. The molecule has 0 aliphatic heterocycles. The summed E-state index contributed by atoms with van der Waals surface area (Å²) < 4.78 is 65.7. The number of aliphatic hydroxyl groups is 2. The van der Waals surface area contributed by atoms with E-state index in [4.69, 9.17) is 45.3 Å². The standard InChI is InChI=1S/C2H6O2.2Na.2H2O4S/c3-1-2-4;;;2*1-5(2,3)4/h3-4H,1-2H2;;;2*(H2,1,2,3,4)/q;2*+1;;/p-2. The molecule has 0 spiro atoms. The second-order valence-corrected chi connectivity index (χ2v) is 3.02. The van der Waals surface area contributed by atoms with Gasteiger partial charge in [-0.3, -0.25) is 17.5 Å². The van der Waals surface area contributed by atoms with E-state index >= 15 is 0 Å². The molecule has 4 N–H and O–H groups in total. The molecular formula is C2H8Na2O10S2. The van der Waals surface area contributed by atoms with Crippen LogP contribution in [0.25, 0.3) is 0 Å². The van der Waals surface area contributed by atoms with Crippen LogP contribution in [-0.2, 0) is 20.8 Å². The fourth-order valence-electron chi connectivity index (χ4n) is 0. The Morgan fingerprint density at radius 2 is 0.875 bits per heavy atom. The van der Waals surface area contributed by atoms with Crippen molar-refractivity contribution in [1.29, 1.82) is 0 Å². The molecular weight excluding hydrogens is 294 g/mol. The SMILES string of the molecule is O=S(=O)(O)O.O=S(=O)([O-])[O-].OCCO.[Na+].[Na+]. The molecule has 0 aliphatic carbocycles. The summed E-state index contributed by atoms with van der Waals surface area (Å²) in [5, 5.41) is 15.2. The van der Waals surface area contributed by atoms with Crippen LogP contribution in [0, 0.1) is 0 Å². The van der Waals surface area contributed by atoms with Gasteiger partial charge in [-0.05, 0) is 0 Å². The van der Waals surface area contributed by atoms with Gasteiger partial charge in [0.25, 0.3) is 0 Å². The van der Waals surface area contributed by atoms with E-state index in [1.807, 2.05) is 0 Å². The van der Waals surface area contributed by atoms with Gasteiger partial charge in [-0.25, -0.2) is 0 Å². The van der Waals surface area contributed by atoms with Crippen molar-refractivity contribution in [3.63, 3.8) is 0 Å². The van der Waals surface area contributed by atoms with Crippen LogP contribution in [0.3, 0.4) is 0 Å². The van der Waals surface area contributed by atoms with Crippen LogP contribution in [0.5, 0.6) is 0 Å². The summed E-state index contributed by atoms with van der Waals surface area (Å²) in [6, 6.07) is 0. The average molecular weight is 302 g/mol. The molecule has 14 heteroatoms. The molecule has 0 bridgehead atoms. The second-order valence-electron chi connectivity index (χ2n) is 1.30. The van der Waals surface area contributed by atoms with Crippen LogP contribution in [0.1, 0.15) is 0 Å². The second kappa shape index (κ2) is 16.7. The molecule has 0 aromatic heterocycles. The van der Waals surface area contributed by atoms with Crippen LogP contribution in [0.2, 0.25) is 0 Å². The van der Waals surface area contributed by atoms with E-state index in [1.165, 1.54) is 0 Å². The summed E-state index contributed by atoms with van der Waals surface area (Å²) in [6.45, 7) is -0.250. The first-order chi connectivity index (χ1) is 5.91. The maximum Gasteiger partial charge on any atom is 1.00 e. The number of rotatable bonds is 1. The van der Waals surface area contributed by atoms with Crippen molar-refractivity contribution in [1.82, 2.24) is 0 Å². The van der Waals surface area contributed by atoms with Crippen LogP contribution in [0.4, 0.5) is 0 Å². The summed E-state index contributed by atoms with van der Waals surface area (Å²) >= 11 is 0. The monoisotopic (exact) mass is 302 g/mol. The number of aliphatic hydroxyl groups excluding tert-OH is 2. The Labute approximate surface area is 137 Å². The molecule has 0 aromatic rings. The fraction of sp³-hybridized carbons (Fsp3) is 1.00. The Morgan fingerprint density at radius 3 is 0.875 bits per heavy atom. The molecule has 0 saturated carbocycles. The van der Waals surface area contributed by atoms with Gasteiger partial charge in [-0.15, -0.1) is 0 Å². The minimum absolute atomic E-state index is 0. The van der Waals surface area contributed by atoms with Gasteiger partial charge in [0.15, 0.2) is 0 Å². The summed E-state index contributed by atoms with van der Waals surface area (Å²) in [6.07, 6.45) is 0. The first kappa shape index (κ1) is 30.6. The van der Waals surface area contributed by atoms with Gasteiger partial charge in [0, 0.05) is 10.4 Å². The summed E-state index contributed by atoms with van der Waals surface area (Å²) in [7, 11) is -9.83. The molecule has 0 fully saturated rings. The van der Waals surface area contributed by atoms with Gasteiger partial charge in [0.1, 0.15) is 0 Å². The van der Waals surface area contributed by atoms with Gasteiger partial charge < -0.3 is 19.3 Å². The smallest absolute Gasteiger partial charge is 0.759 e. The molecule has 0 rings (SSSR count). The van der Waals surface area contributed by atoms with Gasteiger partial charge >= 0.3 is 69.5 Å². The Hall–Kier alpha value is 1.66. The van der Waals surface area contributed by atoms with E-state index in [1.54, 1.807) is 0 Å². The van der Waals surface area contributed by atoms with E-state index in [0.717, 1.165) is 0 Å². The largest absolute Gasteiger partial charge is 1.00 e. The molecule has 0 saturated heterocycles. The van der Waals surface area contributed by atoms with Gasteiger partial charge in [-0.1, -0.05) is 0 Å². The number of hydrogen-bond donors (Lipinski definition) is 4. The summed E-state index contributed by atoms with van der Waals surface area (Å²) in [4.78, 5) is 0. The van der Waals surface area contributed by atoms with Crippen LogP contribution in [-0.4, -0.2) is 58.5 Å². The fourth-order valence-corrected chi connectivity index (χ4v) is 0. The Morgan fingerprint density at radius 1 is 0.812 bits per heavy atom. The van der Waals surface area contributed by atoms with Gasteiger partial charge in [-0.2, -0.15) is 8.42 Å². The Kier molecular flexibility index (Phi) is 31.8. The molecule has 0 aliphatic rings. The number of hydrogen-bond acceptors (Lipinski definition) is 8. The third kappa shape index (κ3) is 476. The first-order valence-corrected chi connectivity index (χ1v) is 5.23. The third-order valence-electron chi connectivity index (χ3n) is 0.1000. The minimum atomic E-state index is -5.17. The average Bonchev–Trinajstić information content (AvgIpc) is 1.79. The van der Waals surface area contributed by atoms with Crippen LogP contribution < -0.4 is 59.1 Å². The van der Waals surface area contributed by atoms with E-state index < -0.39 is 20.8 Å². The minimum Gasteiger partial charge on any atom is -0.759 e. The van der Waals surface area contributed by atoms with Crippen molar-refractivity contribution in [2.45, 2.75) is 0 Å². The zero-order valence-corrected chi connectivity index (χ0v) is 14.1. The molecule has 0 heterocycles. The van der Waals surface area contributed by atoms with Crippen LogP contribution >= 0.6 is 0 Å². The summed E-state index contributed by atoms with van der Waals surface area (Å²) in [5.74, 6) is 0. The predicted molar refractivity (Wildman–Crippen MR) is 38.8 cm³/mol. The third-order valence-corrected chi connectivity index (χ3v) is 0.1000. The normalized spacial score (nSPS) is 9.12.